The maximum Gasteiger partial charge on any atom is 0.253 e. The smallest absolute Gasteiger partial charge is 0.253 e. The van der Waals surface area contributed by atoms with Crippen LogP contribution in [-0.4, -0.2) is 43.6 Å². The van der Waals surface area contributed by atoms with Crippen molar-refractivity contribution in [3.8, 4) is 17.3 Å². The molecule has 5 rings (SSSR count). The van der Waals surface area contributed by atoms with Crippen molar-refractivity contribution in [3.63, 3.8) is 0 Å². The predicted octanol–water partition coefficient (Wildman–Crippen LogP) is 4.57. The van der Waals surface area contributed by atoms with E-state index in [2.05, 4.69) is 26.5 Å². The molecule has 1 atom stereocenters. The number of nitrogens with zero attached hydrogens (tertiary/aromatic N) is 6. The minimum Gasteiger partial charge on any atom is -0.339 e. The first-order valence-corrected chi connectivity index (χ1v) is 11.6. The molecule has 1 amide bonds. The van der Waals surface area contributed by atoms with Gasteiger partial charge in [0, 0.05) is 42.3 Å². The van der Waals surface area contributed by atoms with Crippen molar-refractivity contribution in [2.45, 2.75) is 44.6 Å². The van der Waals surface area contributed by atoms with Crippen molar-refractivity contribution in [2.24, 2.45) is 5.92 Å². The Labute approximate surface area is 193 Å². The van der Waals surface area contributed by atoms with Gasteiger partial charge in [0.25, 0.3) is 5.91 Å². The molecule has 0 radical (unpaired) electrons. The van der Waals surface area contributed by atoms with Gasteiger partial charge < -0.3 is 10.2 Å². The number of anilines is 2. The first-order valence-electron chi connectivity index (χ1n) is 11.6. The van der Waals surface area contributed by atoms with Gasteiger partial charge in [0.2, 0.25) is 5.95 Å². The van der Waals surface area contributed by atoms with Gasteiger partial charge >= 0.3 is 0 Å². The molecule has 8 heteroatoms. The number of nitriles is 1. The normalized spacial score (nSPS) is 16.8. The van der Waals surface area contributed by atoms with E-state index in [9.17, 15) is 10.1 Å². The van der Waals surface area contributed by atoms with Crippen LogP contribution in [0.5, 0.6) is 0 Å². The average Bonchev–Trinajstić information content (AvgIpc) is 3.50. The molecule has 168 valence electrons. The topological polar surface area (TPSA) is 99.7 Å². The van der Waals surface area contributed by atoms with E-state index in [-0.39, 0.29) is 11.9 Å². The number of hydrogen-bond acceptors (Lipinski definition) is 6. The summed E-state index contributed by atoms with van der Waals surface area (Å²) in [4.78, 5) is 23.2. The fourth-order valence-electron chi connectivity index (χ4n) is 4.67. The highest BCUT2D eigenvalue weighted by Gasteiger charge is 2.27. The summed E-state index contributed by atoms with van der Waals surface area (Å²) in [5, 5.41) is 17.1. The Kier molecular flexibility index (Phi) is 6.03. The Balaban J connectivity index is 1.29. The molecule has 1 aliphatic heterocycles. The number of aromatic nitrogens is 4. The summed E-state index contributed by atoms with van der Waals surface area (Å²) in [6.45, 7) is 1.68. The zero-order valence-electron chi connectivity index (χ0n) is 18.5. The second kappa shape index (κ2) is 9.41. The summed E-state index contributed by atoms with van der Waals surface area (Å²) >= 11 is 0. The molecule has 3 aromatic rings. The Morgan fingerprint density at radius 2 is 1.94 bits per heavy atom. The molecule has 3 heterocycles. The van der Waals surface area contributed by atoms with Gasteiger partial charge in [0.05, 0.1) is 30.4 Å². The standard InChI is InChI=1S/C25H27N7O/c26-12-10-23(18-4-1-2-5-18)32-17-20(16-28-32)22-11-13-27-25(30-22)29-21-8-6-19(7-9-21)24(33)31-14-3-15-31/h6-9,11,13,16-18,23H,1-5,10,14-15H2,(H,27,29,30). The maximum absolute atomic E-state index is 12.3. The second-order valence-electron chi connectivity index (χ2n) is 8.80. The van der Waals surface area contributed by atoms with E-state index >= 15 is 0 Å². The van der Waals surface area contributed by atoms with Crippen molar-refractivity contribution >= 4 is 17.5 Å². The molecule has 2 fully saturated rings. The molecular formula is C25H27N7O. The number of carbonyl (C=O) groups is 1. The zero-order chi connectivity index (χ0) is 22.6. The van der Waals surface area contributed by atoms with Crippen molar-refractivity contribution in [3.05, 3.63) is 54.5 Å². The number of nitrogens with one attached hydrogen (secondary N) is 1. The van der Waals surface area contributed by atoms with Gasteiger partial charge in [-0.3, -0.25) is 9.48 Å². The van der Waals surface area contributed by atoms with Crippen molar-refractivity contribution in [2.75, 3.05) is 18.4 Å². The Morgan fingerprint density at radius 3 is 2.64 bits per heavy atom. The van der Waals surface area contributed by atoms with E-state index in [1.807, 2.05) is 52.3 Å². The number of amides is 1. The highest BCUT2D eigenvalue weighted by Crippen LogP contribution is 2.36. The fraction of sp³-hybridized carbons (Fsp3) is 0.400. The summed E-state index contributed by atoms with van der Waals surface area (Å²) in [6.07, 6.45) is 11.8. The lowest BCUT2D eigenvalue weighted by Crippen LogP contribution is -2.41. The van der Waals surface area contributed by atoms with E-state index in [0.717, 1.165) is 49.3 Å². The number of benzene rings is 1. The molecule has 33 heavy (non-hydrogen) atoms. The fourth-order valence-corrected chi connectivity index (χ4v) is 4.67. The van der Waals surface area contributed by atoms with Crippen LogP contribution >= 0.6 is 0 Å². The molecule has 0 bridgehead atoms. The lowest BCUT2D eigenvalue weighted by Gasteiger charge is -2.30. The average molecular weight is 442 g/mol. The van der Waals surface area contributed by atoms with Gasteiger partial charge in [-0.2, -0.15) is 10.4 Å². The van der Waals surface area contributed by atoms with Crippen LogP contribution in [0.4, 0.5) is 11.6 Å². The summed E-state index contributed by atoms with van der Waals surface area (Å²) in [6, 6.07) is 11.7. The molecule has 1 unspecified atom stereocenters. The quantitative estimate of drug-likeness (QED) is 0.576. The van der Waals surface area contributed by atoms with Crippen LogP contribution in [0.1, 0.15) is 54.9 Å². The molecule has 1 aliphatic carbocycles. The number of likely N-dealkylation sites (tertiary alicyclic amines) is 1. The Morgan fingerprint density at radius 1 is 1.15 bits per heavy atom. The third kappa shape index (κ3) is 4.58. The molecule has 0 spiro atoms. The van der Waals surface area contributed by atoms with Gasteiger partial charge in [-0.1, -0.05) is 12.8 Å². The molecule has 1 saturated heterocycles. The van der Waals surface area contributed by atoms with Crippen LogP contribution in [-0.2, 0) is 0 Å². The summed E-state index contributed by atoms with van der Waals surface area (Å²) in [5.41, 5.74) is 3.18. The van der Waals surface area contributed by atoms with Crippen LogP contribution in [0.2, 0.25) is 0 Å². The first-order chi connectivity index (χ1) is 16.2. The van der Waals surface area contributed by atoms with E-state index in [0.29, 0.717) is 23.9 Å². The van der Waals surface area contributed by atoms with Crippen LogP contribution in [0.15, 0.2) is 48.9 Å². The monoisotopic (exact) mass is 441 g/mol. The largest absolute Gasteiger partial charge is 0.339 e. The molecule has 1 saturated carbocycles. The van der Waals surface area contributed by atoms with Crippen LogP contribution in [0, 0.1) is 17.2 Å². The maximum atomic E-state index is 12.3. The third-order valence-corrected chi connectivity index (χ3v) is 6.67. The van der Waals surface area contributed by atoms with E-state index in [1.165, 1.54) is 12.8 Å². The number of hydrogen-bond donors (Lipinski definition) is 1. The van der Waals surface area contributed by atoms with E-state index < -0.39 is 0 Å². The van der Waals surface area contributed by atoms with Gasteiger partial charge in [-0.15, -0.1) is 0 Å². The molecule has 1 aromatic carbocycles. The molecule has 2 aliphatic rings. The van der Waals surface area contributed by atoms with E-state index in [4.69, 9.17) is 0 Å². The summed E-state index contributed by atoms with van der Waals surface area (Å²) in [7, 11) is 0. The van der Waals surface area contributed by atoms with Crippen molar-refractivity contribution < 1.29 is 4.79 Å². The van der Waals surface area contributed by atoms with Gasteiger partial charge in [0.1, 0.15) is 0 Å². The van der Waals surface area contributed by atoms with Crippen molar-refractivity contribution in [1.82, 2.24) is 24.6 Å². The van der Waals surface area contributed by atoms with Crippen LogP contribution < -0.4 is 5.32 Å². The minimum absolute atomic E-state index is 0.0790. The Hall–Kier alpha value is -3.73. The number of carbonyl (C=O) groups excluding carboxylic acids is 1. The SMILES string of the molecule is N#CCC(C1CCCC1)n1cc(-c2ccnc(Nc3ccc(C(=O)N4CCC4)cc3)n2)cn1. The molecular weight excluding hydrogens is 414 g/mol. The van der Waals surface area contributed by atoms with Gasteiger partial charge in [-0.05, 0) is 55.5 Å². The highest BCUT2D eigenvalue weighted by molar-refractivity contribution is 5.95. The molecule has 8 nitrogen and oxygen atoms in total. The first kappa shape index (κ1) is 21.1. The van der Waals surface area contributed by atoms with Gasteiger partial charge in [-0.25, -0.2) is 9.97 Å². The molecule has 2 aromatic heterocycles. The second-order valence-corrected chi connectivity index (χ2v) is 8.80. The minimum atomic E-state index is 0.0790. The zero-order valence-corrected chi connectivity index (χ0v) is 18.5. The van der Waals surface area contributed by atoms with Crippen LogP contribution in [0.3, 0.4) is 0 Å². The lowest BCUT2D eigenvalue weighted by atomic mass is 9.96. The van der Waals surface area contributed by atoms with Gasteiger partial charge in [0.15, 0.2) is 0 Å². The van der Waals surface area contributed by atoms with Crippen molar-refractivity contribution in [1.29, 1.82) is 5.26 Å². The Bertz CT molecular complexity index is 1150. The lowest BCUT2D eigenvalue weighted by molar-refractivity contribution is 0.0652. The molecule has 1 N–H and O–H groups in total. The summed E-state index contributed by atoms with van der Waals surface area (Å²) in [5.74, 6) is 1.07. The summed E-state index contributed by atoms with van der Waals surface area (Å²) < 4.78 is 1.94. The van der Waals surface area contributed by atoms with E-state index in [1.54, 1.807) is 6.20 Å². The third-order valence-electron chi connectivity index (χ3n) is 6.67. The van der Waals surface area contributed by atoms with Crippen LogP contribution in [0.25, 0.3) is 11.3 Å². The number of rotatable bonds is 7. The predicted molar refractivity (Wildman–Crippen MR) is 125 cm³/mol. The highest BCUT2D eigenvalue weighted by atomic mass is 16.2.